The molecule has 1 aliphatic rings. The highest BCUT2D eigenvalue weighted by Crippen LogP contribution is 2.36. The van der Waals surface area contributed by atoms with E-state index in [2.05, 4.69) is 11.6 Å². The number of allylic oxidation sites excluding steroid dienone is 1. The van der Waals surface area contributed by atoms with Gasteiger partial charge >= 0.3 is 5.97 Å². The summed E-state index contributed by atoms with van der Waals surface area (Å²) in [6.45, 7) is 5.36. The first-order chi connectivity index (χ1) is 16.9. The fourth-order valence-electron chi connectivity index (χ4n) is 3.87. The lowest BCUT2D eigenvalue weighted by Crippen LogP contribution is -2.40. The topological polar surface area (TPSA) is 79.1 Å². The normalized spacial score (nSPS) is 15.3. The van der Waals surface area contributed by atoms with Crippen LogP contribution >= 0.6 is 22.9 Å². The number of thiazole rings is 1. The number of carbonyl (C=O) groups is 1. The number of halogens is 1. The van der Waals surface area contributed by atoms with Crippen molar-refractivity contribution in [2.24, 2.45) is 4.99 Å². The molecule has 0 N–H and O–H groups in total. The lowest BCUT2D eigenvalue weighted by Gasteiger charge is -2.25. The first-order valence-corrected chi connectivity index (χ1v) is 11.9. The average Bonchev–Trinajstić information content (AvgIpc) is 3.16. The summed E-state index contributed by atoms with van der Waals surface area (Å²) in [5.41, 5.74) is 1.78. The molecular formula is C26H23ClN2O5S. The Bertz CT molecular complexity index is 1520. The van der Waals surface area contributed by atoms with Crippen LogP contribution in [0.3, 0.4) is 0 Å². The van der Waals surface area contributed by atoms with Gasteiger partial charge in [-0.3, -0.25) is 9.36 Å². The second-order valence-electron chi connectivity index (χ2n) is 7.60. The monoisotopic (exact) mass is 510 g/mol. The van der Waals surface area contributed by atoms with Crippen molar-refractivity contribution in [3.8, 4) is 11.5 Å². The summed E-state index contributed by atoms with van der Waals surface area (Å²) >= 11 is 7.54. The molecule has 9 heteroatoms. The van der Waals surface area contributed by atoms with Gasteiger partial charge in [0.2, 0.25) is 0 Å². The molecule has 1 aromatic heterocycles. The molecule has 35 heavy (non-hydrogen) atoms. The lowest BCUT2D eigenvalue weighted by atomic mass is 9.95. The Morgan fingerprint density at radius 2 is 1.94 bits per heavy atom. The van der Waals surface area contributed by atoms with Gasteiger partial charge in [-0.1, -0.05) is 59.9 Å². The van der Waals surface area contributed by atoms with Crippen molar-refractivity contribution in [3.63, 3.8) is 0 Å². The summed E-state index contributed by atoms with van der Waals surface area (Å²) in [5.74, 6) is 0.418. The van der Waals surface area contributed by atoms with Gasteiger partial charge < -0.3 is 14.2 Å². The molecule has 2 heterocycles. The van der Waals surface area contributed by atoms with Crippen LogP contribution in [0.5, 0.6) is 11.5 Å². The van der Waals surface area contributed by atoms with E-state index in [9.17, 15) is 9.59 Å². The molecule has 1 aliphatic heterocycles. The Hall–Kier alpha value is -3.62. The smallest absolute Gasteiger partial charge is 0.338 e. The predicted molar refractivity (Wildman–Crippen MR) is 136 cm³/mol. The van der Waals surface area contributed by atoms with Crippen molar-refractivity contribution in [1.29, 1.82) is 0 Å². The maximum absolute atomic E-state index is 13.7. The molecule has 3 aromatic rings. The molecule has 180 valence electrons. The van der Waals surface area contributed by atoms with Gasteiger partial charge in [-0.25, -0.2) is 9.79 Å². The predicted octanol–water partition coefficient (Wildman–Crippen LogP) is 3.64. The number of hydrogen-bond acceptors (Lipinski definition) is 7. The number of hydrogen-bond donors (Lipinski definition) is 0. The van der Waals surface area contributed by atoms with E-state index in [1.807, 2.05) is 18.2 Å². The second kappa shape index (κ2) is 10.3. The van der Waals surface area contributed by atoms with E-state index in [4.69, 9.17) is 25.8 Å². The summed E-state index contributed by atoms with van der Waals surface area (Å²) in [6.07, 6.45) is 3.21. The largest absolute Gasteiger partial charge is 0.493 e. The van der Waals surface area contributed by atoms with E-state index in [0.717, 1.165) is 0 Å². The molecule has 2 aromatic carbocycles. The average molecular weight is 511 g/mol. The fraction of sp³-hybridized carbons (Fsp3) is 0.192. The first-order valence-electron chi connectivity index (χ1n) is 10.7. The van der Waals surface area contributed by atoms with Crippen LogP contribution in [0.4, 0.5) is 0 Å². The summed E-state index contributed by atoms with van der Waals surface area (Å²) in [7, 11) is 3.06. The van der Waals surface area contributed by atoms with Crippen molar-refractivity contribution < 1.29 is 19.0 Å². The SMILES string of the molecule is C=CCOC(=O)C1=C(C)N=c2s/c(=C\c3ccccc3Cl)c(=O)n2[C@@H]1c1ccc(OC)c(OC)c1. The van der Waals surface area contributed by atoms with E-state index in [1.54, 1.807) is 37.3 Å². The highest BCUT2D eigenvalue weighted by Gasteiger charge is 2.34. The van der Waals surface area contributed by atoms with Crippen molar-refractivity contribution in [3.05, 3.63) is 102 Å². The van der Waals surface area contributed by atoms with Crippen LogP contribution in [0.1, 0.15) is 24.1 Å². The molecule has 4 rings (SSSR count). The Balaban J connectivity index is 1.97. The number of fused-ring (bicyclic) bond motifs is 1. The number of rotatable bonds is 7. The van der Waals surface area contributed by atoms with Gasteiger partial charge in [-0.15, -0.1) is 0 Å². The standard InChI is InChI=1S/C26H23ClN2O5S/c1-5-12-34-25(31)22-15(2)28-26-29(23(22)17-10-11-19(32-3)20(13-17)33-4)24(30)21(35-26)14-16-8-6-7-9-18(16)27/h5-11,13-14,23H,1,12H2,2-4H3/b21-14-/t23-/m1/s1. The second-order valence-corrected chi connectivity index (χ2v) is 9.02. The van der Waals surface area contributed by atoms with Crippen LogP contribution in [0.25, 0.3) is 6.08 Å². The Morgan fingerprint density at radius 1 is 1.20 bits per heavy atom. The van der Waals surface area contributed by atoms with Crippen LogP contribution in [0.2, 0.25) is 5.02 Å². The zero-order chi connectivity index (χ0) is 25.1. The molecule has 0 fully saturated rings. The Kier molecular flexibility index (Phi) is 7.23. The third-order valence-electron chi connectivity index (χ3n) is 5.49. The number of carbonyl (C=O) groups excluding carboxylic acids is 1. The minimum absolute atomic E-state index is 0.0329. The molecule has 0 saturated heterocycles. The summed E-state index contributed by atoms with van der Waals surface area (Å²) in [5, 5.41) is 0.527. The first kappa shape index (κ1) is 24.5. The summed E-state index contributed by atoms with van der Waals surface area (Å²) in [6, 6.07) is 11.7. The van der Waals surface area contributed by atoms with Crippen LogP contribution < -0.4 is 24.4 Å². The molecule has 0 unspecified atom stereocenters. The molecule has 0 aliphatic carbocycles. The fourth-order valence-corrected chi connectivity index (χ4v) is 5.09. The third-order valence-corrected chi connectivity index (χ3v) is 6.82. The van der Waals surface area contributed by atoms with E-state index < -0.39 is 12.0 Å². The minimum Gasteiger partial charge on any atom is -0.493 e. The van der Waals surface area contributed by atoms with E-state index in [0.29, 0.717) is 42.7 Å². The van der Waals surface area contributed by atoms with Gasteiger partial charge in [0, 0.05) is 5.02 Å². The molecule has 0 radical (unpaired) electrons. The van der Waals surface area contributed by atoms with Crippen molar-refractivity contribution in [2.75, 3.05) is 20.8 Å². The number of aromatic nitrogens is 1. The van der Waals surface area contributed by atoms with Crippen molar-refractivity contribution in [2.45, 2.75) is 13.0 Å². The number of ether oxygens (including phenoxy) is 3. The van der Waals surface area contributed by atoms with Gasteiger partial charge in [0.1, 0.15) is 6.61 Å². The van der Waals surface area contributed by atoms with Gasteiger partial charge in [0.15, 0.2) is 16.3 Å². The Labute approximate surface area is 210 Å². The van der Waals surface area contributed by atoms with Crippen molar-refractivity contribution >= 4 is 35.0 Å². The van der Waals surface area contributed by atoms with Crippen molar-refractivity contribution in [1.82, 2.24) is 4.57 Å². The van der Waals surface area contributed by atoms with Crippen LogP contribution in [0.15, 0.2) is 76.2 Å². The Morgan fingerprint density at radius 3 is 2.63 bits per heavy atom. The molecule has 0 amide bonds. The van der Waals surface area contributed by atoms with Gasteiger partial charge in [-0.05, 0) is 42.3 Å². The van der Waals surface area contributed by atoms with E-state index in [1.165, 1.54) is 36.2 Å². The van der Waals surface area contributed by atoms with Gasteiger partial charge in [-0.2, -0.15) is 0 Å². The quantitative estimate of drug-likeness (QED) is 0.358. The maximum atomic E-state index is 13.7. The molecule has 7 nitrogen and oxygen atoms in total. The number of methoxy groups -OCH3 is 2. The summed E-state index contributed by atoms with van der Waals surface area (Å²) < 4.78 is 18.1. The number of esters is 1. The lowest BCUT2D eigenvalue weighted by molar-refractivity contribution is -0.138. The van der Waals surface area contributed by atoms with E-state index >= 15 is 0 Å². The molecule has 0 saturated carbocycles. The molecular weight excluding hydrogens is 488 g/mol. The number of nitrogens with zero attached hydrogens (tertiary/aromatic N) is 2. The number of benzene rings is 2. The molecule has 1 atom stereocenters. The third kappa shape index (κ3) is 4.67. The van der Waals surface area contributed by atoms with Gasteiger partial charge in [0.25, 0.3) is 5.56 Å². The maximum Gasteiger partial charge on any atom is 0.338 e. The summed E-state index contributed by atoms with van der Waals surface area (Å²) in [4.78, 5) is 31.8. The van der Waals surface area contributed by atoms with E-state index in [-0.39, 0.29) is 17.7 Å². The zero-order valence-electron chi connectivity index (χ0n) is 19.4. The zero-order valence-corrected chi connectivity index (χ0v) is 21.0. The van der Waals surface area contributed by atoms with Crippen LogP contribution in [-0.2, 0) is 9.53 Å². The minimum atomic E-state index is -0.781. The molecule has 0 spiro atoms. The molecule has 0 bridgehead atoms. The van der Waals surface area contributed by atoms with Crippen LogP contribution in [0, 0.1) is 0 Å². The van der Waals surface area contributed by atoms with Crippen LogP contribution in [-0.4, -0.2) is 31.4 Å². The highest BCUT2D eigenvalue weighted by atomic mass is 35.5. The highest BCUT2D eigenvalue weighted by molar-refractivity contribution is 7.07. The van der Waals surface area contributed by atoms with Gasteiger partial charge in [0.05, 0.1) is 36.1 Å².